The minimum absolute atomic E-state index is 0. The molecule has 56 valence electrons. The molecule has 0 fully saturated rings. The number of isocyanates is 1. The van der Waals surface area contributed by atoms with Crippen LogP contribution in [0.15, 0.2) is 17.3 Å². The van der Waals surface area contributed by atoms with Crippen LogP contribution in [0.2, 0.25) is 0 Å². The molecule has 0 unspecified atom stereocenters. The fraction of sp³-hybridized carbons (Fsp3) is 0.200. The fourth-order valence-electron chi connectivity index (χ4n) is 0.138. The average Bonchev–Trinajstić information content (AvgIpc) is 1.82. The van der Waals surface area contributed by atoms with Crippen molar-refractivity contribution in [2.45, 2.75) is 6.92 Å². The maximum atomic E-state index is 10.3. The summed E-state index contributed by atoms with van der Waals surface area (Å²) < 4.78 is 0. The minimum atomic E-state index is -0.724. The van der Waals surface area contributed by atoms with Gasteiger partial charge in [-0.3, -0.25) is 0 Å². The summed E-state index contributed by atoms with van der Waals surface area (Å²) in [6, 6.07) is 0. The maximum Gasteiger partial charge on any atom is 0.361 e. The predicted molar refractivity (Wildman–Crippen MR) is 40.4 cm³/mol. The van der Waals surface area contributed by atoms with E-state index >= 15 is 0 Å². The molecule has 0 aromatic rings. The molecule has 0 aliphatic carbocycles. The van der Waals surface area contributed by atoms with Gasteiger partial charge in [0, 0.05) is 10.7 Å². The molecule has 0 rings (SSSR count). The lowest BCUT2D eigenvalue weighted by atomic mass is 10.4. The largest absolute Gasteiger partial charge is 0.361 e. The Labute approximate surface area is 62.6 Å². The molecule has 0 atom stereocenters. The molecule has 0 heterocycles. The van der Waals surface area contributed by atoms with Crippen molar-refractivity contribution < 1.29 is 14.4 Å². The fourth-order valence-corrected chi connectivity index (χ4v) is 0.138. The zero-order chi connectivity index (χ0) is 7.28. The normalized spacial score (nSPS) is 6.50. The monoisotopic (exact) mass is 159 g/mol. The second-order valence-corrected chi connectivity index (χ2v) is 1.34. The van der Waals surface area contributed by atoms with Crippen LogP contribution >= 0.6 is 0 Å². The van der Waals surface area contributed by atoms with Crippen LogP contribution in [0.5, 0.6) is 0 Å². The van der Waals surface area contributed by atoms with E-state index in [9.17, 15) is 9.59 Å². The van der Waals surface area contributed by atoms with Crippen LogP contribution in [-0.2, 0) is 14.4 Å². The highest BCUT2D eigenvalue weighted by atomic mass is 28.1. The van der Waals surface area contributed by atoms with Gasteiger partial charge in [-0.05, 0) is 17.9 Å². The Morgan fingerprint density at radius 1 is 1.70 bits per heavy atom. The first-order valence-electron chi connectivity index (χ1n) is 2.12. The van der Waals surface area contributed by atoms with E-state index in [1.807, 2.05) is 0 Å². The number of hydrogen-bond donors (Lipinski definition) is 0. The summed E-state index contributed by atoms with van der Waals surface area (Å²) in [5.74, 6) is -0.724. The van der Waals surface area contributed by atoms with Gasteiger partial charge in [0.25, 0.3) is 6.08 Å². The Morgan fingerprint density at radius 2 is 2.20 bits per heavy atom. The molecule has 0 spiro atoms. The van der Waals surface area contributed by atoms with E-state index in [1.54, 1.807) is 0 Å². The topological polar surface area (TPSA) is 55.7 Å². The van der Waals surface area contributed by atoms with Crippen LogP contribution in [0.25, 0.3) is 0 Å². The molecule has 0 radical (unpaired) electrons. The van der Waals surface area contributed by atoms with E-state index in [2.05, 4.69) is 16.6 Å². The van der Waals surface area contributed by atoms with Gasteiger partial charge in [-0.25, -0.2) is 9.59 Å². The molecule has 0 amide bonds. The molecule has 4 nitrogen and oxygen atoms in total. The van der Waals surface area contributed by atoms with E-state index < -0.39 is 5.97 Å². The molecular formula is C5H9NO3Si. The van der Waals surface area contributed by atoms with E-state index in [0.717, 1.165) is 6.08 Å². The van der Waals surface area contributed by atoms with Gasteiger partial charge >= 0.3 is 5.97 Å². The molecule has 0 aromatic carbocycles. The van der Waals surface area contributed by atoms with Gasteiger partial charge in [0.05, 0.1) is 0 Å². The molecule has 0 saturated carbocycles. The van der Waals surface area contributed by atoms with Crippen LogP contribution in [0.3, 0.4) is 0 Å². The molecule has 0 aliphatic rings. The van der Waals surface area contributed by atoms with Gasteiger partial charge < -0.3 is 4.84 Å². The zero-order valence-corrected chi connectivity index (χ0v) is 4.88. The highest BCUT2D eigenvalue weighted by molar-refractivity contribution is 5.86. The predicted octanol–water partition coefficient (Wildman–Crippen LogP) is -1.10. The van der Waals surface area contributed by atoms with Gasteiger partial charge in [-0.15, -0.1) is 0 Å². The molecule has 5 heteroatoms. The van der Waals surface area contributed by atoms with Crippen molar-refractivity contribution in [3.8, 4) is 0 Å². The van der Waals surface area contributed by atoms with Crippen molar-refractivity contribution in [2.24, 2.45) is 5.16 Å². The quantitative estimate of drug-likeness (QED) is 0.128. The number of carbonyl (C=O) groups excluding carboxylic acids is 2. The van der Waals surface area contributed by atoms with E-state index in [0.29, 0.717) is 0 Å². The lowest BCUT2D eigenvalue weighted by Crippen LogP contribution is -1.98. The summed E-state index contributed by atoms with van der Waals surface area (Å²) in [6.45, 7) is 4.69. The van der Waals surface area contributed by atoms with Crippen molar-refractivity contribution in [1.82, 2.24) is 0 Å². The Hall–Kier alpha value is -1.19. The summed E-state index contributed by atoms with van der Waals surface area (Å²) >= 11 is 0. The number of carbonyl (C=O) groups is 1. The number of nitrogens with zero attached hydrogens (tertiary/aromatic N) is 1. The molecule has 0 aromatic heterocycles. The van der Waals surface area contributed by atoms with Crippen LogP contribution in [-0.4, -0.2) is 23.0 Å². The van der Waals surface area contributed by atoms with Crippen molar-refractivity contribution >= 4 is 23.0 Å². The van der Waals surface area contributed by atoms with Gasteiger partial charge in [-0.1, -0.05) is 6.58 Å². The molecule has 0 N–H and O–H groups in total. The third-order valence-electron chi connectivity index (χ3n) is 0.514. The van der Waals surface area contributed by atoms with Crippen LogP contribution in [0.4, 0.5) is 0 Å². The average molecular weight is 159 g/mol. The molecule has 0 bridgehead atoms. The van der Waals surface area contributed by atoms with Gasteiger partial charge in [0.1, 0.15) is 0 Å². The summed E-state index contributed by atoms with van der Waals surface area (Å²) in [7, 11) is 0. The number of hydrogen-bond acceptors (Lipinski definition) is 4. The van der Waals surface area contributed by atoms with Crippen molar-refractivity contribution in [2.75, 3.05) is 0 Å². The molecule has 0 saturated heterocycles. The van der Waals surface area contributed by atoms with E-state index in [4.69, 9.17) is 0 Å². The highest BCUT2D eigenvalue weighted by Crippen LogP contribution is 1.90. The second-order valence-electron chi connectivity index (χ2n) is 1.34. The lowest BCUT2D eigenvalue weighted by molar-refractivity contribution is -0.138. The Bertz CT molecular complexity index is 183. The first-order valence-corrected chi connectivity index (χ1v) is 2.12. The Balaban J connectivity index is 0. The molecular weight excluding hydrogens is 150 g/mol. The zero-order valence-electron chi connectivity index (χ0n) is 4.88. The lowest BCUT2D eigenvalue weighted by Gasteiger charge is -1.88. The molecule has 10 heavy (non-hydrogen) atoms. The van der Waals surface area contributed by atoms with Crippen molar-refractivity contribution in [1.29, 1.82) is 0 Å². The summed E-state index contributed by atoms with van der Waals surface area (Å²) in [5, 5.41) is 2.58. The first kappa shape index (κ1) is 11.6. The standard InChI is InChI=1S/C5H5NO3.H4Si/c1-4(2)5(8)9-6-3-7;/h1H2,2H3;1H4. The first-order chi connectivity index (χ1) is 4.18. The maximum absolute atomic E-state index is 10.3. The second kappa shape index (κ2) is 5.93. The summed E-state index contributed by atoms with van der Waals surface area (Å²) in [5.41, 5.74) is 0.189. The van der Waals surface area contributed by atoms with Crippen molar-refractivity contribution in [3.05, 3.63) is 12.2 Å². The highest BCUT2D eigenvalue weighted by Gasteiger charge is 2.00. The van der Waals surface area contributed by atoms with Gasteiger partial charge in [0.15, 0.2) is 0 Å². The third kappa shape index (κ3) is 4.95. The molecule has 0 aliphatic heterocycles. The Morgan fingerprint density at radius 3 is 2.50 bits per heavy atom. The summed E-state index contributed by atoms with van der Waals surface area (Å²) in [4.78, 5) is 23.6. The van der Waals surface area contributed by atoms with Gasteiger partial charge in [-0.2, -0.15) is 0 Å². The van der Waals surface area contributed by atoms with Crippen LogP contribution in [0, 0.1) is 0 Å². The smallest absolute Gasteiger partial charge is 0.302 e. The summed E-state index contributed by atoms with van der Waals surface area (Å²) in [6.07, 6.45) is 1.04. The van der Waals surface area contributed by atoms with Crippen molar-refractivity contribution in [3.63, 3.8) is 0 Å². The Kier molecular flexibility index (Phi) is 6.88. The third-order valence-corrected chi connectivity index (χ3v) is 0.514. The van der Waals surface area contributed by atoms with Crippen LogP contribution in [0.1, 0.15) is 6.92 Å². The van der Waals surface area contributed by atoms with Crippen LogP contribution < -0.4 is 0 Å². The van der Waals surface area contributed by atoms with E-state index in [1.165, 1.54) is 6.92 Å². The van der Waals surface area contributed by atoms with Gasteiger partial charge in [0.2, 0.25) is 0 Å². The minimum Gasteiger partial charge on any atom is -0.302 e. The van der Waals surface area contributed by atoms with E-state index in [-0.39, 0.29) is 16.5 Å². The number of rotatable bonds is 2. The SMILES string of the molecule is C=C(C)C(=O)ON=C=O.[SiH4].